The number of methoxy groups -OCH3 is 1. The second-order valence-electron chi connectivity index (χ2n) is 19.5. The van der Waals surface area contributed by atoms with Crippen molar-refractivity contribution < 1.29 is 60.5 Å². The molecule has 14 heteroatoms. The van der Waals surface area contributed by atoms with Gasteiger partial charge in [-0.3, -0.25) is 0 Å². The summed E-state index contributed by atoms with van der Waals surface area (Å²) in [4.78, 5) is 0.140. The van der Waals surface area contributed by atoms with Crippen molar-refractivity contribution in [2.75, 3.05) is 78.9 Å². The minimum Gasteiger partial charge on any atom is -0.493 e. The maximum atomic E-state index is 14.9. The fourth-order valence-corrected chi connectivity index (χ4v) is 9.96. The van der Waals surface area contributed by atoms with E-state index in [1.54, 1.807) is 19.2 Å². The highest BCUT2D eigenvalue weighted by atomic mass is 32.2. The van der Waals surface area contributed by atoms with E-state index in [0.717, 1.165) is 114 Å². The van der Waals surface area contributed by atoms with Gasteiger partial charge in [-0.15, -0.1) is 0 Å². The van der Waals surface area contributed by atoms with Gasteiger partial charge in [0, 0.05) is 65.5 Å². The van der Waals surface area contributed by atoms with E-state index in [0.29, 0.717) is 71.6 Å². The molecule has 13 nitrogen and oxygen atoms in total. The van der Waals surface area contributed by atoms with Crippen molar-refractivity contribution in [3.63, 3.8) is 0 Å². The summed E-state index contributed by atoms with van der Waals surface area (Å²) in [6.07, 6.45) is 12.1. The first-order valence-electron chi connectivity index (χ1n) is 29.0. The number of hydrogen-bond donors (Lipinski definition) is 0. The summed E-state index contributed by atoms with van der Waals surface area (Å²) in [7, 11) is -2.39. The average molecular weight is 1060 g/mol. The van der Waals surface area contributed by atoms with Crippen molar-refractivity contribution in [1.29, 1.82) is 0 Å². The molecule has 1 heterocycles. The number of benzene rings is 2. The van der Waals surface area contributed by atoms with Crippen molar-refractivity contribution in [2.45, 2.75) is 225 Å². The van der Waals surface area contributed by atoms with Gasteiger partial charge in [0.2, 0.25) is 0 Å². The Morgan fingerprint density at radius 2 is 1.11 bits per heavy atom. The molecule has 0 bridgehead atoms. The summed E-state index contributed by atoms with van der Waals surface area (Å²) in [6, 6.07) is 15.1. The standard InChI is InChI=1S/C60H102O13S/c1-10-18-36-64-44-35-51(66-38-20-12-3)55(68-40-22-14-5)59(71-43-25-17-8)60(63-9)73-57-53(46-65-37-19-11-2)72-54(56(69-41-23-15-6)58(57)70-42-24-16-7)47-74(61,62)50-34-33-49(52(45-50)67-39-21-13-4)32-31-48-29-27-26-28-30-48/h26-34,45,51,53-60H,10-25,35-44,46-47H2,1-9H3/b32-31+/t51-,53?,54+,55?,56-,57-,58?,59+,60+/m1/s1. The van der Waals surface area contributed by atoms with Crippen molar-refractivity contribution in [2.24, 2.45) is 0 Å². The molecule has 0 aromatic heterocycles. The number of ether oxygens (including phenoxy) is 11. The topological polar surface area (TPSA) is 136 Å². The van der Waals surface area contributed by atoms with Crippen molar-refractivity contribution in [3.05, 3.63) is 59.7 Å². The van der Waals surface area contributed by atoms with Crippen molar-refractivity contribution >= 4 is 22.0 Å². The molecular weight excluding hydrogens is 961 g/mol. The van der Waals surface area contributed by atoms with Crippen LogP contribution in [0.3, 0.4) is 0 Å². The fraction of sp³-hybridized carbons (Fsp3) is 0.767. The Bertz CT molecular complexity index is 1800. The van der Waals surface area contributed by atoms with Crippen molar-refractivity contribution in [1.82, 2.24) is 0 Å². The lowest BCUT2D eigenvalue weighted by Crippen LogP contribution is -2.64. The second kappa shape index (κ2) is 40.7. The molecule has 74 heavy (non-hydrogen) atoms. The van der Waals surface area contributed by atoms with Gasteiger partial charge in [-0.25, -0.2) is 8.42 Å². The van der Waals surface area contributed by atoms with Gasteiger partial charge in [-0.05, 0) is 81.5 Å². The zero-order valence-corrected chi connectivity index (χ0v) is 48.3. The predicted octanol–water partition coefficient (Wildman–Crippen LogP) is 12.9. The van der Waals surface area contributed by atoms with E-state index >= 15 is 0 Å². The van der Waals surface area contributed by atoms with Crippen LogP contribution in [0.2, 0.25) is 0 Å². The largest absolute Gasteiger partial charge is 0.493 e. The third kappa shape index (κ3) is 24.5. The molecule has 2 aromatic carbocycles. The lowest BCUT2D eigenvalue weighted by atomic mass is 9.94. The summed E-state index contributed by atoms with van der Waals surface area (Å²) in [5.74, 6) is 0.133. The molecule has 1 aliphatic rings. The zero-order chi connectivity index (χ0) is 53.7. The highest BCUT2D eigenvalue weighted by molar-refractivity contribution is 7.91. The maximum absolute atomic E-state index is 14.9. The van der Waals surface area contributed by atoms with Crippen LogP contribution in [0.25, 0.3) is 12.2 Å². The molecule has 0 saturated carbocycles. The van der Waals surface area contributed by atoms with Gasteiger partial charge < -0.3 is 52.1 Å². The van der Waals surface area contributed by atoms with E-state index < -0.39 is 58.9 Å². The molecule has 0 radical (unpaired) electrons. The number of hydrogen-bond acceptors (Lipinski definition) is 13. The van der Waals surface area contributed by atoms with Crippen molar-refractivity contribution in [3.8, 4) is 5.75 Å². The quantitative estimate of drug-likeness (QED) is 0.0354. The summed E-state index contributed by atoms with van der Waals surface area (Å²) >= 11 is 0. The van der Waals surface area contributed by atoms with E-state index in [4.69, 9.17) is 52.1 Å². The van der Waals surface area contributed by atoms with Crippen LogP contribution in [0, 0.1) is 0 Å². The van der Waals surface area contributed by atoms with Crippen LogP contribution in [0.4, 0.5) is 0 Å². The molecule has 0 spiro atoms. The molecule has 426 valence electrons. The minimum atomic E-state index is -4.02. The third-order valence-corrected chi connectivity index (χ3v) is 14.9. The van der Waals surface area contributed by atoms with Crippen LogP contribution in [0.1, 0.15) is 176 Å². The second-order valence-corrected chi connectivity index (χ2v) is 21.6. The molecule has 1 fully saturated rings. The Balaban J connectivity index is 2.19. The summed E-state index contributed by atoms with van der Waals surface area (Å²) in [5.41, 5.74) is 1.81. The van der Waals surface area contributed by atoms with Gasteiger partial charge >= 0.3 is 0 Å². The molecule has 3 unspecified atom stereocenters. The maximum Gasteiger partial charge on any atom is 0.186 e. The van der Waals surface area contributed by atoms with E-state index in [2.05, 4.69) is 55.4 Å². The monoisotopic (exact) mass is 1060 g/mol. The molecule has 9 atom stereocenters. The van der Waals surface area contributed by atoms with Gasteiger partial charge in [0.1, 0.15) is 48.5 Å². The Morgan fingerprint density at radius 3 is 1.73 bits per heavy atom. The average Bonchev–Trinajstić information content (AvgIpc) is 3.40. The predicted molar refractivity (Wildman–Crippen MR) is 298 cm³/mol. The highest BCUT2D eigenvalue weighted by Gasteiger charge is 2.52. The fourth-order valence-electron chi connectivity index (χ4n) is 8.51. The van der Waals surface area contributed by atoms with Gasteiger partial charge in [0.05, 0.1) is 30.0 Å². The normalized spacial score (nSPS) is 20.0. The smallest absolute Gasteiger partial charge is 0.186 e. The third-order valence-electron chi connectivity index (χ3n) is 13.1. The molecule has 1 aliphatic heterocycles. The first-order valence-corrected chi connectivity index (χ1v) is 30.6. The first-order chi connectivity index (χ1) is 36.2. The van der Waals surface area contributed by atoms with Gasteiger partial charge in [0.15, 0.2) is 16.1 Å². The Morgan fingerprint density at radius 1 is 0.554 bits per heavy atom. The van der Waals surface area contributed by atoms with E-state index in [9.17, 15) is 8.42 Å². The molecule has 0 N–H and O–H groups in total. The molecule has 2 aromatic rings. The van der Waals surface area contributed by atoms with Crippen LogP contribution in [-0.4, -0.2) is 142 Å². The lowest BCUT2D eigenvalue weighted by Gasteiger charge is -2.48. The summed E-state index contributed by atoms with van der Waals surface area (Å²) in [6.45, 7) is 21.6. The van der Waals surface area contributed by atoms with Gasteiger partial charge in [-0.2, -0.15) is 0 Å². The van der Waals surface area contributed by atoms with Crippen LogP contribution in [0.15, 0.2) is 53.4 Å². The van der Waals surface area contributed by atoms with Crippen LogP contribution in [0.5, 0.6) is 5.75 Å². The SMILES string of the molecule is CCCCOCC[C@@H](OCCCC)C(OCCCC)[C@H](OCCCC)[C@@H](OC)O[C@@H]1C(COCCCC)O[C@@H](CS(=O)(=O)c2ccc(/C=C/c3ccccc3)c(OCCCC)c2)[C@@H](OCCCC)C1OCCCC. The Hall–Kier alpha value is -2.47. The van der Waals surface area contributed by atoms with E-state index in [-0.39, 0.29) is 23.4 Å². The molecule has 0 aliphatic carbocycles. The van der Waals surface area contributed by atoms with Crippen LogP contribution < -0.4 is 4.74 Å². The van der Waals surface area contributed by atoms with Gasteiger partial charge in [-0.1, -0.05) is 149 Å². The first kappa shape index (κ1) is 65.8. The van der Waals surface area contributed by atoms with Gasteiger partial charge in [0.25, 0.3) is 0 Å². The lowest BCUT2D eigenvalue weighted by molar-refractivity contribution is -0.316. The zero-order valence-electron chi connectivity index (χ0n) is 47.5. The Kier molecular flexibility index (Phi) is 36.2. The molecular formula is C60H102O13S. The minimum absolute atomic E-state index is 0.125. The number of rotatable bonds is 46. The Labute approximate surface area is 449 Å². The summed E-state index contributed by atoms with van der Waals surface area (Å²) < 4.78 is 104. The summed E-state index contributed by atoms with van der Waals surface area (Å²) in [5, 5.41) is 0. The van der Waals surface area contributed by atoms with E-state index in [1.807, 2.05) is 48.6 Å². The molecule has 0 amide bonds. The van der Waals surface area contributed by atoms with Crippen LogP contribution in [-0.2, 0) is 57.2 Å². The highest BCUT2D eigenvalue weighted by Crippen LogP contribution is 2.35. The molecule has 1 saturated heterocycles. The number of sulfone groups is 1. The van der Waals surface area contributed by atoms with E-state index in [1.165, 1.54) is 0 Å². The number of unbranched alkanes of at least 4 members (excludes halogenated alkanes) is 8. The van der Waals surface area contributed by atoms with Crippen LogP contribution >= 0.6 is 0 Å². The molecule has 3 rings (SSSR count).